The fourth-order valence-electron chi connectivity index (χ4n) is 4.00. The maximum atomic E-state index is 12.7. The van der Waals surface area contributed by atoms with E-state index in [1.807, 2.05) is 67.6 Å². The van der Waals surface area contributed by atoms with Crippen LogP contribution in [0.2, 0.25) is 0 Å². The topological polar surface area (TPSA) is 73.7 Å². The predicted molar refractivity (Wildman–Crippen MR) is 122 cm³/mol. The van der Waals surface area contributed by atoms with Gasteiger partial charge in [0.2, 0.25) is 11.8 Å². The molecule has 0 saturated carbocycles. The van der Waals surface area contributed by atoms with Crippen LogP contribution in [-0.4, -0.2) is 88.7 Å². The Morgan fingerprint density at radius 2 is 1.55 bits per heavy atom. The van der Waals surface area contributed by atoms with Crippen molar-refractivity contribution in [2.75, 3.05) is 57.7 Å². The molecule has 0 spiro atoms. The van der Waals surface area contributed by atoms with Gasteiger partial charge in [0.25, 0.3) is 0 Å². The molecular weight excluding hydrogens is 392 g/mol. The highest BCUT2D eigenvalue weighted by Crippen LogP contribution is 2.22. The Kier molecular flexibility index (Phi) is 7.81. The summed E-state index contributed by atoms with van der Waals surface area (Å²) < 4.78 is 1.86. The summed E-state index contributed by atoms with van der Waals surface area (Å²) in [6, 6.07) is 9.90. The van der Waals surface area contributed by atoms with E-state index >= 15 is 0 Å². The molecule has 2 aromatic rings. The van der Waals surface area contributed by atoms with Crippen LogP contribution in [0.5, 0.6) is 0 Å². The maximum absolute atomic E-state index is 12.7. The van der Waals surface area contributed by atoms with Crippen molar-refractivity contribution < 1.29 is 9.59 Å². The second-order valence-electron chi connectivity index (χ2n) is 7.96. The highest BCUT2D eigenvalue weighted by Gasteiger charge is 2.23. The molecular formula is C23H34N6O2. The van der Waals surface area contributed by atoms with Crippen molar-refractivity contribution in [3.8, 4) is 5.69 Å². The van der Waals surface area contributed by atoms with E-state index in [0.717, 1.165) is 62.0 Å². The average molecular weight is 427 g/mol. The lowest BCUT2D eigenvalue weighted by Crippen LogP contribution is -2.51. The zero-order valence-corrected chi connectivity index (χ0v) is 19.1. The molecule has 0 unspecified atom stereocenters. The van der Waals surface area contributed by atoms with Crippen molar-refractivity contribution >= 4 is 17.5 Å². The minimum atomic E-state index is -0.0357. The van der Waals surface area contributed by atoms with E-state index in [9.17, 15) is 9.59 Å². The van der Waals surface area contributed by atoms with E-state index in [1.165, 1.54) is 0 Å². The van der Waals surface area contributed by atoms with E-state index in [-0.39, 0.29) is 11.8 Å². The Labute approximate surface area is 184 Å². The third-order valence-corrected chi connectivity index (χ3v) is 5.86. The first-order valence-electron chi connectivity index (χ1n) is 11.1. The SMILES string of the molecule is CCN(CC)C(=O)CN1CCN(CC(=O)Nc2c(C)nn(-c3ccccc3)c2C)CC1. The number of aromatic nitrogens is 2. The minimum absolute atomic E-state index is 0.0357. The third kappa shape index (κ3) is 5.71. The monoisotopic (exact) mass is 426 g/mol. The number of nitrogens with zero attached hydrogens (tertiary/aromatic N) is 5. The van der Waals surface area contributed by atoms with Gasteiger partial charge in [-0.25, -0.2) is 4.68 Å². The first-order chi connectivity index (χ1) is 14.9. The molecule has 168 valence electrons. The molecule has 1 aromatic heterocycles. The molecule has 0 atom stereocenters. The highest BCUT2D eigenvalue weighted by atomic mass is 16.2. The molecule has 2 heterocycles. The number of amides is 2. The van der Waals surface area contributed by atoms with Crippen LogP contribution in [0.25, 0.3) is 5.69 Å². The Morgan fingerprint density at radius 3 is 2.13 bits per heavy atom. The van der Waals surface area contributed by atoms with Crippen LogP contribution in [0.4, 0.5) is 5.69 Å². The molecule has 1 fully saturated rings. The number of benzene rings is 1. The molecule has 1 saturated heterocycles. The zero-order valence-electron chi connectivity index (χ0n) is 19.1. The summed E-state index contributed by atoms with van der Waals surface area (Å²) >= 11 is 0. The molecule has 8 nitrogen and oxygen atoms in total. The average Bonchev–Trinajstić information content (AvgIpc) is 3.05. The molecule has 2 amide bonds. The van der Waals surface area contributed by atoms with Crippen molar-refractivity contribution in [3.63, 3.8) is 0 Å². The van der Waals surface area contributed by atoms with Crippen LogP contribution in [0, 0.1) is 13.8 Å². The number of hydrogen-bond acceptors (Lipinski definition) is 5. The second kappa shape index (κ2) is 10.5. The van der Waals surface area contributed by atoms with Crippen molar-refractivity contribution in [1.82, 2.24) is 24.5 Å². The van der Waals surface area contributed by atoms with E-state index in [4.69, 9.17) is 0 Å². The van der Waals surface area contributed by atoms with Gasteiger partial charge in [-0.1, -0.05) is 18.2 Å². The molecule has 1 N–H and O–H groups in total. The largest absolute Gasteiger partial charge is 0.342 e. The summed E-state index contributed by atoms with van der Waals surface area (Å²) in [5.74, 6) is 0.143. The van der Waals surface area contributed by atoms with E-state index in [0.29, 0.717) is 13.1 Å². The number of aryl methyl sites for hydroxylation is 1. The van der Waals surface area contributed by atoms with Gasteiger partial charge in [0, 0.05) is 39.3 Å². The number of carbonyl (C=O) groups is 2. The van der Waals surface area contributed by atoms with Gasteiger partial charge in [0.1, 0.15) is 0 Å². The number of nitrogens with one attached hydrogen (secondary N) is 1. The standard InChI is InChI=1S/C23H34N6O2/c1-5-28(6-2)22(31)17-27-14-12-26(13-15-27)16-21(30)24-23-18(3)25-29(19(23)4)20-10-8-7-9-11-20/h7-11H,5-6,12-17H2,1-4H3,(H,24,30). The van der Waals surface area contributed by atoms with Gasteiger partial charge < -0.3 is 10.2 Å². The number of carbonyl (C=O) groups excluding carboxylic acids is 2. The number of para-hydroxylation sites is 1. The Hall–Kier alpha value is -2.71. The normalized spacial score (nSPS) is 15.1. The Balaban J connectivity index is 1.51. The number of likely N-dealkylation sites (N-methyl/N-ethyl adjacent to an activating group) is 1. The van der Waals surface area contributed by atoms with Crippen LogP contribution in [0.1, 0.15) is 25.2 Å². The Morgan fingerprint density at radius 1 is 0.968 bits per heavy atom. The van der Waals surface area contributed by atoms with Gasteiger partial charge in [-0.3, -0.25) is 19.4 Å². The molecule has 3 rings (SSSR count). The van der Waals surface area contributed by atoms with Gasteiger partial charge in [-0.15, -0.1) is 0 Å². The molecule has 31 heavy (non-hydrogen) atoms. The van der Waals surface area contributed by atoms with Gasteiger partial charge in [-0.2, -0.15) is 5.10 Å². The van der Waals surface area contributed by atoms with Crippen LogP contribution in [-0.2, 0) is 9.59 Å². The molecule has 0 radical (unpaired) electrons. The van der Waals surface area contributed by atoms with Crippen molar-refractivity contribution in [2.24, 2.45) is 0 Å². The summed E-state index contributed by atoms with van der Waals surface area (Å²) in [7, 11) is 0. The molecule has 0 aliphatic carbocycles. The molecule has 0 bridgehead atoms. The third-order valence-electron chi connectivity index (χ3n) is 5.86. The molecule has 1 aliphatic rings. The predicted octanol–water partition coefficient (Wildman–Crippen LogP) is 1.91. The van der Waals surface area contributed by atoms with Crippen LogP contribution >= 0.6 is 0 Å². The van der Waals surface area contributed by atoms with E-state index in [2.05, 4.69) is 20.2 Å². The summed E-state index contributed by atoms with van der Waals surface area (Å²) in [5.41, 5.74) is 3.46. The zero-order chi connectivity index (χ0) is 22.4. The fourth-order valence-corrected chi connectivity index (χ4v) is 4.00. The summed E-state index contributed by atoms with van der Waals surface area (Å²) in [5, 5.41) is 7.64. The minimum Gasteiger partial charge on any atom is -0.342 e. The lowest BCUT2D eigenvalue weighted by atomic mass is 10.2. The van der Waals surface area contributed by atoms with Crippen molar-refractivity contribution in [2.45, 2.75) is 27.7 Å². The van der Waals surface area contributed by atoms with E-state index in [1.54, 1.807) is 0 Å². The maximum Gasteiger partial charge on any atom is 0.238 e. The van der Waals surface area contributed by atoms with Crippen LogP contribution in [0.15, 0.2) is 30.3 Å². The van der Waals surface area contributed by atoms with Crippen LogP contribution < -0.4 is 5.32 Å². The first kappa shape index (κ1) is 23.0. The van der Waals surface area contributed by atoms with Gasteiger partial charge >= 0.3 is 0 Å². The van der Waals surface area contributed by atoms with Gasteiger partial charge in [0.15, 0.2) is 0 Å². The Bertz CT molecular complexity index is 883. The summed E-state index contributed by atoms with van der Waals surface area (Å²) in [6.07, 6.45) is 0. The lowest BCUT2D eigenvalue weighted by Gasteiger charge is -2.34. The number of rotatable bonds is 8. The number of piperazine rings is 1. The molecule has 1 aliphatic heterocycles. The van der Waals surface area contributed by atoms with Gasteiger partial charge in [0.05, 0.1) is 35.9 Å². The summed E-state index contributed by atoms with van der Waals surface area (Å²) in [4.78, 5) is 31.2. The lowest BCUT2D eigenvalue weighted by molar-refractivity contribution is -0.132. The molecule has 8 heteroatoms. The number of hydrogen-bond donors (Lipinski definition) is 1. The highest BCUT2D eigenvalue weighted by molar-refractivity contribution is 5.93. The van der Waals surface area contributed by atoms with Crippen LogP contribution in [0.3, 0.4) is 0 Å². The first-order valence-corrected chi connectivity index (χ1v) is 11.1. The van der Waals surface area contributed by atoms with Crippen molar-refractivity contribution in [3.05, 3.63) is 41.7 Å². The second-order valence-corrected chi connectivity index (χ2v) is 7.96. The smallest absolute Gasteiger partial charge is 0.238 e. The van der Waals surface area contributed by atoms with Crippen molar-refractivity contribution in [1.29, 1.82) is 0 Å². The number of anilines is 1. The van der Waals surface area contributed by atoms with E-state index < -0.39 is 0 Å². The molecule has 1 aromatic carbocycles. The van der Waals surface area contributed by atoms with Gasteiger partial charge in [-0.05, 0) is 39.8 Å². The fraction of sp³-hybridized carbons (Fsp3) is 0.522. The summed E-state index contributed by atoms with van der Waals surface area (Å²) in [6.45, 7) is 13.3. The quantitative estimate of drug-likeness (QED) is 0.698.